The van der Waals surface area contributed by atoms with Crippen molar-refractivity contribution in [1.29, 1.82) is 0 Å². The maximum atomic E-state index is 5.29. The van der Waals surface area contributed by atoms with Gasteiger partial charge in [0.1, 0.15) is 0 Å². The Morgan fingerprint density at radius 2 is 1.92 bits per heavy atom. The average Bonchev–Trinajstić information content (AvgIpc) is 2.17. The third-order valence-electron chi connectivity index (χ3n) is 2.27. The molecule has 0 aliphatic rings. The molecule has 0 bridgehead atoms. The first kappa shape index (κ1) is 12.9. The molecule has 0 radical (unpaired) electrons. The molecule has 0 rings (SSSR count). The van der Waals surface area contributed by atoms with E-state index in [1.165, 1.54) is 12.8 Å². The molecule has 0 aromatic rings. The van der Waals surface area contributed by atoms with Gasteiger partial charge < -0.3 is 15.8 Å². The van der Waals surface area contributed by atoms with Crippen LogP contribution in [0.2, 0.25) is 0 Å². The Labute approximate surface area is 82.0 Å². The minimum absolute atomic E-state index is 0.618. The van der Waals surface area contributed by atoms with Gasteiger partial charge >= 0.3 is 0 Å². The van der Waals surface area contributed by atoms with Gasteiger partial charge in [0.05, 0.1) is 13.2 Å². The van der Waals surface area contributed by atoms with E-state index in [-0.39, 0.29) is 0 Å². The summed E-state index contributed by atoms with van der Waals surface area (Å²) in [7, 11) is 0. The number of hydrogen-bond donors (Lipinski definition) is 2. The molecule has 0 fully saturated rings. The average molecular weight is 188 g/mol. The number of rotatable bonds is 9. The highest BCUT2D eigenvalue weighted by Crippen LogP contribution is 2.04. The minimum Gasteiger partial charge on any atom is -0.379 e. The highest BCUT2D eigenvalue weighted by molar-refractivity contribution is 4.57. The second kappa shape index (κ2) is 9.96. The maximum Gasteiger partial charge on any atom is 0.0591 e. The largest absolute Gasteiger partial charge is 0.379 e. The standard InChI is InChI=1S/C10H24N2O/c1-3-10(4-2)9-12-6-8-13-7-5-11/h10,12H,3-9,11H2,1-2H3. The van der Waals surface area contributed by atoms with Gasteiger partial charge in [0.25, 0.3) is 0 Å². The fourth-order valence-corrected chi connectivity index (χ4v) is 1.21. The Balaban J connectivity index is 3.05. The lowest BCUT2D eigenvalue weighted by atomic mass is 10.0. The van der Waals surface area contributed by atoms with Crippen LogP contribution in [0.25, 0.3) is 0 Å². The van der Waals surface area contributed by atoms with Crippen LogP contribution in [0, 0.1) is 5.92 Å². The number of hydrogen-bond acceptors (Lipinski definition) is 3. The van der Waals surface area contributed by atoms with Crippen LogP contribution in [0.15, 0.2) is 0 Å². The van der Waals surface area contributed by atoms with Gasteiger partial charge in [0.2, 0.25) is 0 Å². The summed E-state index contributed by atoms with van der Waals surface area (Å²) >= 11 is 0. The summed E-state index contributed by atoms with van der Waals surface area (Å²) in [4.78, 5) is 0. The third-order valence-corrected chi connectivity index (χ3v) is 2.27. The van der Waals surface area contributed by atoms with Gasteiger partial charge in [0.15, 0.2) is 0 Å². The van der Waals surface area contributed by atoms with Crippen molar-refractivity contribution >= 4 is 0 Å². The van der Waals surface area contributed by atoms with Crippen LogP contribution in [-0.2, 0) is 4.74 Å². The minimum atomic E-state index is 0.618. The molecule has 0 spiro atoms. The Kier molecular flexibility index (Phi) is 9.87. The molecule has 3 N–H and O–H groups in total. The Morgan fingerprint density at radius 1 is 1.23 bits per heavy atom. The molecule has 0 unspecified atom stereocenters. The van der Waals surface area contributed by atoms with Crippen molar-refractivity contribution in [3.8, 4) is 0 Å². The Morgan fingerprint density at radius 3 is 2.46 bits per heavy atom. The molecule has 0 aliphatic heterocycles. The zero-order chi connectivity index (χ0) is 9.94. The van der Waals surface area contributed by atoms with Gasteiger partial charge in [-0.2, -0.15) is 0 Å². The normalized spacial score (nSPS) is 11.1. The van der Waals surface area contributed by atoms with E-state index < -0.39 is 0 Å². The van der Waals surface area contributed by atoms with Crippen LogP contribution in [0.1, 0.15) is 26.7 Å². The molecule has 0 heterocycles. The Bertz CT molecular complexity index is 94.9. The molecule has 0 atom stereocenters. The van der Waals surface area contributed by atoms with E-state index >= 15 is 0 Å². The molecule has 0 saturated heterocycles. The summed E-state index contributed by atoms with van der Waals surface area (Å²) in [5, 5.41) is 3.38. The van der Waals surface area contributed by atoms with Crippen LogP contribution < -0.4 is 11.1 Å². The van der Waals surface area contributed by atoms with Crippen LogP contribution in [0.4, 0.5) is 0 Å². The molecule has 0 aliphatic carbocycles. The highest BCUT2D eigenvalue weighted by atomic mass is 16.5. The SMILES string of the molecule is CCC(CC)CNCCOCCN. The molecule has 0 aromatic heterocycles. The van der Waals surface area contributed by atoms with Gasteiger partial charge in [-0.1, -0.05) is 26.7 Å². The fourth-order valence-electron chi connectivity index (χ4n) is 1.21. The van der Waals surface area contributed by atoms with Crippen molar-refractivity contribution in [3.05, 3.63) is 0 Å². The Hall–Kier alpha value is -0.120. The smallest absolute Gasteiger partial charge is 0.0591 e. The van der Waals surface area contributed by atoms with E-state index in [0.29, 0.717) is 13.2 Å². The van der Waals surface area contributed by atoms with Gasteiger partial charge in [-0.15, -0.1) is 0 Å². The summed E-state index contributed by atoms with van der Waals surface area (Å²) < 4.78 is 5.24. The number of nitrogens with one attached hydrogen (secondary N) is 1. The van der Waals surface area contributed by atoms with Gasteiger partial charge in [-0.25, -0.2) is 0 Å². The van der Waals surface area contributed by atoms with E-state index in [0.717, 1.165) is 25.6 Å². The second-order valence-corrected chi connectivity index (χ2v) is 3.29. The van der Waals surface area contributed by atoms with Crippen molar-refractivity contribution in [2.75, 3.05) is 32.8 Å². The highest BCUT2D eigenvalue weighted by Gasteiger charge is 2.00. The predicted molar refractivity (Wildman–Crippen MR) is 56.8 cm³/mol. The van der Waals surface area contributed by atoms with E-state index in [1.54, 1.807) is 0 Å². The van der Waals surface area contributed by atoms with E-state index in [2.05, 4.69) is 19.2 Å². The summed E-state index contributed by atoms with van der Waals surface area (Å²) in [5.41, 5.74) is 5.29. The zero-order valence-corrected chi connectivity index (χ0v) is 9.01. The van der Waals surface area contributed by atoms with Crippen molar-refractivity contribution in [3.63, 3.8) is 0 Å². The summed E-state index contributed by atoms with van der Waals surface area (Å²) in [6, 6.07) is 0. The van der Waals surface area contributed by atoms with Crippen LogP contribution in [0.3, 0.4) is 0 Å². The van der Waals surface area contributed by atoms with Crippen LogP contribution in [0.5, 0.6) is 0 Å². The monoisotopic (exact) mass is 188 g/mol. The van der Waals surface area contributed by atoms with Gasteiger partial charge in [-0.05, 0) is 12.5 Å². The maximum absolute atomic E-state index is 5.29. The topological polar surface area (TPSA) is 47.3 Å². The summed E-state index contributed by atoms with van der Waals surface area (Å²) in [6.07, 6.45) is 2.51. The lowest BCUT2D eigenvalue weighted by molar-refractivity contribution is 0.142. The summed E-state index contributed by atoms with van der Waals surface area (Å²) in [5.74, 6) is 0.814. The van der Waals surface area contributed by atoms with Crippen molar-refractivity contribution in [1.82, 2.24) is 5.32 Å². The number of ether oxygens (including phenoxy) is 1. The van der Waals surface area contributed by atoms with E-state index in [1.807, 2.05) is 0 Å². The molecular weight excluding hydrogens is 164 g/mol. The summed E-state index contributed by atoms with van der Waals surface area (Å²) in [6.45, 7) is 8.59. The van der Waals surface area contributed by atoms with Gasteiger partial charge in [0, 0.05) is 13.1 Å². The quantitative estimate of drug-likeness (QED) is 0.530. The molecule has 13 heavy (non-hydrogen) atoms. The fraction of sp³-hybridized carbons (Fsp3) is 1.00. The first-order chi connectivity index (χ1) is 6.35. The first-order valence-corrected chi connectivity index (χ1v) is 5.33. The first-order valence-electron chi connectivity index (χ1n) is 5.33. The van der Waals surface area contributed by atoms with Crippen molar-refractivity contribution in [2.24, 2.45) is 11.7 Å². The second-order valence-electron chi connectivity index (χ2n) is 3.29. The van der Waals surface area contributed by atoms with Crippen molar-refractivity contribution < 1.29 is 4.74 Å². The van der Waals surface area contributed by atoms with Crippen LogP contribution in [-0.4, -0.2) is 32.8 Å². The molecular formula is C10H24N2O. The lowest BCUT2D eigenvalue weighted by Crippen LogP contribution is -2.26. The molecule has 3 heteroatoms. The molecule has 0 aromatic carbocycles. The predicted octanol–water partition coefficient (Wildman–Crippen LogP) is 0.987. The lowest BCUT2D eigenvalue weighted by Gasteiger charge is -2.12. The van der Waals surface area contributed by atoms with Crippen LogP contribution >= 0.6 is 0 Å². The zero-order valence-electron chi connectivity index (χ0n) is 9.01. The van der Waals surface area contributed by atoms with E-state index in [9.17, 15) is 0 Å². The molecule has 80 valence electrons. The third kappa shape index (κ3) is 8.22. The van der Waals surface area contributed by atoms with Gasteiger partial charge in [-0.3, -0.25) is 0 Å². The molecule has 0 saturated carbocycles. The van der Waals surface area contributed by atoms with Crippen molar-refractivity contribution in [2.45, 2.75) is 26.7 Å². The number of nitrogens with two attached hydrogens (primary N) is 1. The molecule has 3 nitrogen and oxygen atoms in total. The molecule has 0 amide bonds. The van der Waals surface area contributed by atoms with E-state index in [4.69, 9.17) is 10.5 Å².